The van der Waals surface area contributed by atoms with E-state index in [2.05, 4.69) is 39.0 Å². The first kappa shape index (κ1) is 21.3. The molecular formula is C21H27N5O2S2. The van der Waals surface area contributed by atoms with E-state index in [0.29, 0.717) is 10.0 Å². The molecule has 4 rings (SSSR count). The number of nitrogens with zero attached hydrogens (tertiary/aromatic N) is 4. The van der Waals surface area contributed by atoms with E-state index < -0.39 is 0 Å². The van der Waals surface area contributed by atoms with Crippen LogP contribution in [0.4, 0.5) is 5.13 Å². The number of carbonyl (C=O) groups excluding carboxylic acids is 1. The number of aromatic nitrogens is 3. The van der Waals surface area contributed by atoms with E-state index in [1.54, 1.807) is 0 Å². The number of amides is 1. The second kappa shape index (κ2) is 8.66. The summed E-state index contributed by atoms with van der Waals surface area (Å²) in [6.07, 6.45) is 1.22. The number of hydrogen-bond acceptors (Lipinski definition) is 8. The molecule has 7 nitrogen and oxygen atoms in total. The molecule has 1 aliphatic heterocycles. The van der Waals surface area contributed by atoms with Gasteiger partial charge in [0.25, 0.3) is 5.91 Å². The van der Waals surface area contributed by atoms with Crippen molar-refractivity contribution in [3.63, 3.8) is 0 Å². The zero-order valence-electron chi connectivity index (χ0n) is 18.0. The van der Waals surface area contributed by atoms with Gasteiger partial charge in [-0.05, 0) is 33.3 Å². The summed E-state index contributed by atoms with van der Waals surface area (Å²) in [6, 6.07) is 0. The fourth-order valence-corrected chi connectivity index (χ4v) is 5.85. The number of hydrogen-bond donors (Lipinski definition) is 1. The van der Waals surface area contributed by atoms with Gasteiger partial charge in [0, 0.05) is 42.5 Å². The van der Waals surface area contributed by atoms with E-state index >= 15 is 0 Å². The van der Waals surface area contributed by atoms with E-state index in [4.69, 9.17) is 4.74 Å². The van der Waals surface area contributed by atoms with Gasteiger partial charge in [-0.25, -0.2) is 15.0 Å². The molecule has 30 heavy (non-hydrogen) atoms. The number of thiazole rings is 1. The third-order valence-corrected chi connectivity index (χ3v) is 7.18. The van der Waals surface area contributed by atoms with Gasteiger partial charge >= 0.3 is 0 Å². The smallest absolute Gasteiger partial charge is 0.267 e. The molecule has 0 bridgehead atoms. The van der Waals surface area contributed by atoms with E-state index in [-0.39, 0.29) is 18.1 Å². The van der Waals surface area contributed by atoms with Gasteiger partial charge in [-0.15, -0.1) is 22.7 Å². The summed E-state index contributed by atoms with van der Waals surface area (Å²) in [5.74, 6) is 0.673. The van der Waals surface area contributed by atoms with Crippen molar-refractivity contribution in [3.05, 3.63) is 33.0 Å². The molecule has 0 aliphatic carbocycles. The molecule has 3 aromatic heterocycles. The lowest BCUT2D eigenvalue weighted by atomic mass is 10.1. The molecule has 1 fully saturated rings. The van der Waals surface area contributed by atoms with Gasteiger partial charge in [-0.1, -0.05) is 6.92 Å². The summed E-state index contributed by atoms with van der Waals surface area (Å²) in [5, 5.41) is 6.59. The van der Waals surface area contributed by atoms with Crippen molar-refractivity contribution in [1.29, 1.82) is 0 Å². The third-order valence-electron chi connectivity index (χ3n) is 5.19. The van der Waals surface area contributed by atoms with Crippen LogP contribution in [0.3, 0.4) is 0 Å². The first-order valence-corrected chi connectivity index (χ1v) is 11.9. The quantitative estimate of drug-likeness (QED) is 0.634. The van der Waals surface area contributed by atoms with Gasteiger partial charge in [0.05, 0.1) is 22.8 Å². The van der Waals surface area contributed by atoms with Gasteiger partial charge in [0.2, 0.25) is 0 Å². The van der Waals surface area contributed by atoms with E-state index in [1.165, 1.54) is 22.7 Å². The zero-order chi connectivity index (χ0) is 21.4. The number of anilines is 1. The Kier molecular flexibility index (Phi) is 6.15. The highest BCUT2D eigenvalue weighted by Crippen LogP contribution is 2.32. The monoisotopic (exact) mass is 445 g/mol. The molecule has 1 aliphatic rings. The van der Waals surface area contributed by atoms with Crippen LogP contribution in [0.1, 0.15) is 53.2 Å². The summed E-state index contributed by atoms with van der Waals surface area (Å²) in [4.78, 5) is 30.6. The Morgan fingerprint density at radius 1 is 1.23 bits per heavy atom. The number of morpholine rings is 1. The van der Waals surface area contributed by atoms with Gasteiger partial charge in [0.1, 0.15) is 10.7 Å². The van der Waals surface area contributed by atoms with Crippen LogP contribution >= 0.6 is 22.7 Å². The van der Waals surface area contributed by atoms with Crippen molar-refractivity contribution in [2.24, 2.45) is 0 Å². The van der Waals surface area contributed by atoms with Crippen molar-refractivity contribution < 1.29 is 9.53 Å². The van der Waals surface area contributed by atoms with Crippen molar-refractivity contribution in [2.75, 3.05) is 18.4 Å². The molecule has 0 aromatic carbocycles. The fraction of sp³-hybridized carbons (Fsp3) is 0.524. The summed E-state index contributed by atoms with van der Waals surface area (Å²) in [5.41, 5.74) is 2.83. The van der Waals surface area contributed by atoms with Crippen molar-refractivity contribution in [3.8, 4) is 0 Å². The highest BCUT2D eigenvalue weighted by atomic mass is 32.1. The summed E-state index contributed by atoms with van der Waals surface area (Å²) in [7, 11) is 0. The molecular weight excluding hydrogens is 418 g/mol. The van der Waals surface area contributed by atoms with Crippen LogP contribution < -0.4 is 5.32 Å². The third kappa shape index (κ3) is 4.39. The van der Waals surface area contributed by atoms with Crippen LogP contribution in [0.25, 0.3) is 10.2 Å². The second-order valence-corrected chi connectivity index (χ2v) is 9.72. The second-order valence-electron chi connectivity index (χ2n) is 7.86. The van der Waals surface area contributed by atoms with Gasteiger partial charge in [-0.3, -0.25) is 15.0 Å². The molecule has 160 valence electrons. The van der Waals surface area contributed by atoms with Gasteiger partial charge in [-0.2, -0.15) is 0 Å². The Hall–Kier alpha value is -1.94. The number of thiophene rings is 1. The minimum atomic E-state index is -0.137. The van der Waals surface area contributed by atoms with Crippen molar-refractivity contribution >= 4 is 43.9 Å². The maximum atomic E-state index is 12.9. The minimum absolute atomic E-state index is 0.137. The van der Waals surface area contributed by atoms with Crippen LogP contribution in [0, 0.1) is 13.8 Å². The first-order chi connectivity index (χ1) is 14.3. The molecule has 9 heteroatoms. The lowest BCUT2D eigenvalue weighted by molar-refractivity contribution is -0.0707. The Morgan fingerprint density at radius 2 is 1.97 bits per heavy atom. The minimum Gasteiger partial charge on any atom is -0.373 e. The number of fused-ring (bicyclic) bond motifs is 1. The average Bonchev–Trinajstić information content (AvgIpc) is 3.24. The SMILES string of the molecule is CCc1nc(C)c2c(C)c(C(=O)Nc3nc(CN4CC(C)OC(C)C4)cs3)sc2n1. The highest BCUT2D eigenvalue weighted by molar-refractivity contribution is 7.21. The predicted molar refractivity (Wildman–Crippen MR) is 122 cm³/mol. The Balaban J connectivity index is 1.48. The zero-order valence-corrected chi connectivity index (χ0v) is 19.6. The Labute approximate surface area is 184 Å². The number of nitrogens with one attached hydrogen (secondary N) is 1. The number of rotatable bonds is 5. The maximum Gasteiger partial charge on any atom is 0.267 e. The van der Waals surface area contributed by atoms with Gasteiger partial charge < -0.3 is 4.74 Å². The van der Waals surface area contributed by atoms with E-state index in [1.807, 2.05) is 26.2 Å². The fourth-order valence-electron chi connectivity index (χ4n) is 4.00. The highest BCUT2D eigenvalue weighted by Gasteiger charge is 2.23. The van der Waals surface area contributed by atoms with Crippen LogP contribution in [-0.4, -0.2) is 51.1 Å². The van der Waals surface area contributed by atoms with Crippen molar-refractivity contribution in [2.45, 2.75) is 59.8 Å². The molecule has 1 saturated heterocycles. The molecule has 2 atom stereocenters. The van der Waals surface area contributed by atoms with Crippen molar-refractivity contribution in [1.82, 2.24) is 19.9 Å². The summed E-state index contributed by atoms with van der Waals surface area (Å²) >= 11 is 2.88. The molecule has 0 spiro atoms. The summed E-state index contributed by atoms with van der Waals surface area (Å²) < 4.78 is 5.80. The normalized spacial score (nSPS) is 20.0. The number of ether oxygens (including phenoxy) is 1. The molecule has 1 N–H and O–H groups in total. The van der Waals surface area contributed by atoms with E-state index in [0.717, 1.165) is 59.0 Å². The Bertz CT molecular complexity index is 1070. The van der Waals surface area contributed by atoms with E-state index in [9.17, 15) is 4.79 Å². The average molecular weight is 446 g/mol. The lowest BCUT2D eigenvalue weighted by Gasteiger charge is -2.34. The molecule has 4 heterocycles. The lowest BCUT2D eigenvalue weighted by Crippen LogP contribution is -2.44. The number of carbonyl (C=O) groups is 1. The van der Waals surface area contributed by atoms with Crippen LogP contribution in [0.2, 0.25) is 0 Å². The topological polar surface area (TPSA) is 80.2 Å². The number of aryl methyl sites for hydroxylation is 3. The largest absolute Gasteiger partial charge is 0.373 e. The molecule has 0 radical (unpaired) electrons. The maximum absolute atomic E-state index is 12.9. The van der Waals surface area contributed by atoms with Crippen LogP contribution in [-0.2, 0) is 17.7 Å². The molecule has 2 unspecified atom stereocenters. The van der Waals surface area contributed by atoms with Crippen LogP contribution in [0.5, 0.6) is 0 Å². The Morgan fingerprint density at radius 3 is 2.67 bits per heavy atom. The predicted octanol–water partition coefficient (Wildman–Crippen LogP) is 4.19. The molecule has 3 aromatic rings. The summed E-state index contributed by atoms with van der Waals surface area (Å²) in [6.45, 7) is 12.7. The molecule has 0 saturated carbocycles. The van der Waals surface area contributed by atoms with Gasteiger partial charge in [0.15, 0.2) is 5.13 Å². The van der Waals surface area contributed by atoms with Crippen LogP contribution in [0.15, 0.2) is 5.38 Å². The standard InChI is InChI=1S/C21H27N5O2S2/c1-6-16-22-14(5)17-13(4)18(30-20(17)24-16)19(27)25-21-23-15(10-29-21)9-26-7-11(2)28-12(3)8-26/h10-12H,6-9H2,1-5H3,(H,23,25,27). The molecule has 1 amide bonds. The first-order valence-electron chi connectivity index (χ1n) is 10.2.